The van der Waals surface area contributed by atoms with E-state index in [0.717, 1.165) is 11.1 Å². The summed E-state index contributed by atoms with van der Waals surface area (Å²) in [6, 6.07) is 37.2. The van der Waals surface area contributed by atoms with E-state index in [1.54, 1.807) is 34.9 Å². The van der Waals surface area contributed by atoms with Gasteiger partial charge >= 0.3 is 0 Å². The minimum absolute atomic E-state index is 0.0523. The third-order valence-electron chi connectivity index (χ3n) is 6.75. The summed E-state index contributed by atoms with van der Waals surface area (Å²) in [6.45, 7) is 0.502. The highest BCUT2D eigenvalue weighted by Crippen LogP contribution is 2.43. The van der Waals surface area contributed by atoms with Gasteiger partial charge in [-0.05, 0) is 28.8 Å². The van der Waals surface area contributed by atoms with Gasteiger partial charge in [0.05, 0.1) is 6.54 Å². The van der Waals surface area contributed by atoms with E-state index >= 15 is 0 Å². The molecule has 0 amide bonds. The largest absolute Gasteiger partial charge is 0.351 e. The van der Waals surface area contributed by atoms with Crippen molar-refractivity contribution in [2.24, 2.45) is 0 Å². The number of aromatic nitrogens is 2. The molecule has 1 unspecified atom stereocenters. The highest BCUT2D eigenvalue weighted by atomic mass is 32.2. The molecule has 194 valence electrons. The predicted molar refractivity (Wildman–Crippen MR) is 152 cm³/mol. The molecule has 1 atom stereocenters. The number of benzene rings is 4. The number of rotatable bonds is 7. The zero-order chi connectivity index (χ0) is 26.8. The van der Waals surface area contributed by atoms with Crippen LogP contribution in [0.5, 0.6) is 0 Å². The lowest BCUT2D eigenvalue weighted by molar-refractivity contribution is 0.0978. The molecule has 1 N–H and O–H groups in total. The molecule has 2 heterocycles. The third-order valence-corrected chi connectivity index (χ3v) is 8.75. The topological polar surface area (TPSA) is 84.3 Å². The monoisotopic (exact) mass is 534 g/mol. The van der Waals surface area contributed by atoms with Crippen molar-refractivity contribution < 1.29 is 13.2 Å². The molecule has 0 saturated carbocycles. The van der Waals surface area contributed by atoms with E-state index in [1.807, 2.05) is 91.0 Å². The van der Waals surface area contributed by atoms with Gasteiger partial charge in [-0.15, -0.1) is 0 Å². The van der Waals surface area contributed by atoms with Crippen LogP contribution in [0.4, 0.5) is 11.8 Å². The summed E-state index contributed by atoms with van der Waals surface area (Å²) >= 11 is 0. The Balaban J connectivity index is 1.56. The van der Waals surface area contributed by atoms with Crippen LogP contribution in [-0.2, 0) is 23.1 Å². The number of carbonyl (C=O) groups is 1. The molecule has 1 aliphatic rings. The molecule has 5 aromatic rings. The van der Waals surface area contributed by atoms with E-state index in [9.17, 15) is 13.2 Å². The lowest BCUT2D eigenvalue weighted by Gasteiger charge is -2.32. The first-order chi connectivity index (χ1) is 19.0. The summed E-state index contributed by atoms with van der Waals surface area (Å²) < 4.78 is 31.3. The molecule has 39 heavy (non-hydrogen) atoms. The number of hydrogen-bond acceptors (Lipinski definition) is 5. The minimum atomic E-state index is -4.15. The molecule has 0 radical (unpaired) electrons. The highest BCUT2D eigenvalue weighted by molar-refractivity contribution is 7.93. The van der Waals surface area contributed by atoms with Crippen LogP contribution in [0.15, 0.2) is 121 Å². The fraction of sp³-hybridized carbons (Fsp3) is 0.0968. The molecule has 1 aromatic heterocycles. The third kappa shape index (κ3) is 4.59. The van der Waals surface area contributed by atoms with Gasteiger partial charge in [-0.25, -0.2) is 12.7 Å². The standard InChI is InChI=1S/C31H26N4O3S/c36-28-27-30(33-31(32-21-23-13-5-1-6-14-23)35(27)26-19-11-4-12-20-26)34(22-24-15-7-2-8-16-24)39(37,38)29(28)25-17-9-3-10-18-25/h1-20,29H,21-22H2,(H,32,33). The van der Waals surface area contributed by atoms with Crippen LogP contribution in [-0.4, -0.2) is 23.8 Å². The number of sulfonamides is 1. The first-order valence-electron chi connectivity index (χ1n) is 12.6. The van der Waals surface area contributed by atoms with E-state index in [4.69, 9.17) is 4.98 Å². The Labute approximate surface area is 227 Å². The molecule has 7 nitrogen and oxygen atoms in total. The Bertz CT molecular complexity index is 1710. The summed E-state index contributed by atoms with van der Waals surface area (Å²) in [6.07, 6.45) is 0. The maximum Gasteiger partial charge on any atom is 0.251 e. The number of fused-ring (bicyclic) bond motifs is 1. The molecule has 6 rings (SSSR count). The van der Waals surface area contributed by atoms with E-state index in [2.05, 4.69) is 5.32 Å². The normalized spacial score (nSPS) is 16.1. The van der Waals surface area contributed by atoms with Crippen LogP contribution < -0.4 is 9.62 Å². The van der Waals surface area contributed by atoms with E-state index < -0.39 is 21.1 Å². The van der Waals surface area contributed by atoms with Crippen LogP contribution in [0.2, 0.25) is 0 Å². The Morgan fingerprint density at radius 2 is 1.26 bits per heavy atom. The zero-order valence-electron chi connectivity index (χ0n) is 21.0. The van der Waals surface area contributed by atoms with Crippen molar-refractivity contribution in [2.45, 2.75) is 18.3 Å². The summed E-state index contributed by atoms with van der Waals surface area (Å²) in [5, 5.41) is 1.96. The Morgan fingerprint density at radius 1 is 0.718 bits per heavy atom. The number of nitrogens with one attached hydrogen (secondary N) is 1. The minimum Gasteiger partial charge on any atom is -0.351 e. The number of carbonyl (C=O) groups excluding carboxylic acids is 1. The molecular formula is C31H26N4O3S. The molecule has 0 spiro atoms. The van der Waals surface area contributed by atoms with Gasteiger partial charge in [0.15, 0.2) is 11.1 Å². The number of Topliss-reactive ketones (excluding diaryl/α,β-unsaturated/α-hetero) is 1. The molecular weight excluding hydrogens is 508 g/mol. The first kappa shape index (κ1) is 24.6. The van der Waals surface area contributed by atoms with Gasteiger partial charge in [-0.2, -0.15) is 4.98 Å². The van der Waals surface area contributed by atoms with Gasteiger partial charge in [0.1, 0.15) is 5.69 Å². The second kappa shape index (κ2) is 10.2. The van der Waals surface area contributed by atoms with E-state index in [1.165, 1.54) is 4.31 Å². The molecule has 8 heteroatoms. The fourth-order valence-electron chi connectivity index (χ4n) is 4.90. The number of hydrogen-bond donors (Lipinski definition) is 1. The van der Waals surface area contributed by atoms with Crippen LogP contribution in [0.3, 0.4) is 0 Å². The molecule has 0 saturated heterocycles. The Morgan fingerprint density at radius 3 is 1.87 bits per heavy atom. The lowest BCUT2D eigenvalue weighted by Crippen LogP contribution is -2.43. The van der Waals surface area contributed by atoms with Gasteiger partial charge in [-0.1, -0.05) is 109 Å². The second-order valence-corrected chi connectivity index (χ2v) is 11.3. The molecule has 0 aliphatic carbocycles. The number of ketones is 1. The Kier molecular flexibility index (Phi) is 6.46. The first-order valence-corrected chi connectivity index (χ1v) is 14.1. The van der Waals surface area contributed by atoms with E-state index in [0.29, 0.717) is 23.7 Å². The Hall–Kier alpha value is -4.69. The number of anilines is 2. The predicted octanol–water partition coefficient (Wildman–Crippen LogP) is 5.76. The zero-order valence-corrected chi connectivity index (χ0v) is 21.8. The van der Waals surface area contributed by atoms with Crippen LogP contribution >= 0.6 is 0 Å². The maximum atomic E-state index is 14.2. The number of para-hydroxylation sites is 1. The second-order valence-electron chi connectivity index (χ2n) is 9.31. The average molecular weight is 535 g/mol. The van der Waals surface area contributed by atoms with E-state index in [-0.39, 0.29) is 18.1 Å². The van der Waals surface area contributed by atoms with Gasteiger partial charge in [0, 0.05) is 12.2 Å². The van der Waals surface area contributed by atoms with Crippen molar-refractivity contribution in [3.63, 3.8) is 0 Å². The van der Waals surface area contributed by atoms with Crippen molar-refractivity contribution in [3.8, 4) is 5.69 Å². The SMILES string of the molecule is O=C1c2c(nc(NCc3ccccc3)n2-c2ccccc2)N(Cc2ccccc2)S(=O)(=O)C1c1ccccc1. The fourth-order valence-corrected chi connectivity index (χ4v) is 6.74. The van der Waals surface area contributed by atoms with Crippen molar-refractivity contribution >= 4 is 27.6 Å². The van der Waals surface area contributed by atoms with Crippen LogP contribution in [0.25, 0.3) is 5.69 Å². The molecule has 0 fully saturated rings. The highest BCUT2D eigenvalue weighted by Gasteiger charge is 2.49. The quantitative estimate of drug-likeness (QED) is 0.287. The summed E-state index contributed by atoms with van der Waals surface area (Å²) in [5.74, 6) is 0.00505. The van der Waals surface area contributed by atoms with Gasteiger partial charge in [0.2, 0.25) is 11.7 Å². The summed E-state index contributed by atoms with van der Waals surface area (Å²) in [5.41, 5.74) is 3.18. The average Bonchev–Trinajstić information content (AvgIpc) is 3.36. The van der Waals surface area contributed by atoms with Gasteiger partial charge < -0.3 is 5.32 Å². The van der Waals surface area contributed by atoms with Gasteiger partial charge in [-0.3, -0.25) is 9.36 Å². The maximum absolute atomic E-state index is 14.2. The van der Waals surface area contributed by atoms with Crippen molar-refractivity contribution in [1.82, 2.24) is 9.55 Å². The molecule has 1 aliphatic heterocycles. The summed E-state index contributed by atoms with van der Waals surface area (Å²) in [7, 11) is -4.15. The van der Waals surface area contributed by atoms with Crippen molar-refractivity contribution in [1.29, 1.82) is 0 Å². The molecule has 4 aromatic carbocycles. The van der Waals surface area contributed by atoms with Crippen molar-refractivity contribution in [2.75, 3.05) is 9.62 Å². The van der Waals surface area contributed by atoms with Crippen molar-refractivity contribution in [3.05, 3.63) is 144 Å². The smallest absolute Gasteiger partial charge is 0.251 e. The van der Waals surface area contributed by atoms with Crippen LogP contribution in [0.1, 0.15) is 32.4 Å². The number of nitrogens with zero attached hydrogens (tertiary/aromatic N) is 3. The summed E-state index contributed by atoms with van der Waals surface area (Å²) in [4.78, 5) is 19.0. The van der Waals surface area contributed by atoms with Crippen LogP contribution in [0, 0.1) is 0 Å². The molecule has 0 bridgehead atoms. The lowest BCUT2D eigenvalue weighted by atomic mass is 10.1. The van der Waals surface area contributed by atoms with Gasteiger partial charge in [0.25, 0.3) is 10.0 Å². The number of imidazole rings is 1.